The second-order valence-electron chi connectivity index (χ2n) is 5.73. The van der Waals surface area contributed by atoms with Gasteiger partial charge in [-0.05, 0) is 36.9 Å². The molecule has 0 bridgehead atoms. The zero-order valence-electron chi connectivity index (χ0n) is 12.4. The summed E-state index contributed by atoms with van der Waals surface area (Å²) >= 11 is 0. The Labute approximate surface area is 118 Å². The molecule has 1 aliphatic rings. The molecule has 2 heteroatoms. The second kappa shape index (κ2) is 7.06. The Morgan fingerprint density at radius 1 is 1.16 bits per heavy atom. The van der Waals surface area contributed by atoms with E-state index < -0.39 is 0 Å². The van der Waals surface area contributed by atoms with E-state index in [1.807, 2.05) is 0 Å². The van der Waals surface area contributed by atoms with Gasteiger partial charge < -0.3 is 5.73 Å². The van der Waals surface area contributed by atoms with Crippen molar-refractivity contribution in [3.8, 4) is 0 Å². The van der Waals surface area contributed by atoms with Gasteiger partial charge in [-0.3, -0.25) is 4.90 Å². The standard InChI is InChI=1S/C17H28N2/c1-3-14-9-11-15(12-10-14)17(18)13-19(4-2)16-7-5-6-8-16/h9-12,16-17H,3-8,13,18H2,1-2H3. The minimum Gasteiger partial charge on any atom is -0.323 e. The first kappa shape index (κ1) is 14.5. The number of aryl methyl sites for hydroxylation is 1. The molecule has 0 amide bonds. The van der Waals surface area contributed by atoms with E-state index in [1.54, 1.807) is 0 Å². The fourth-order valence-corrected chi connectivity index (χ4v) is 3.16. The quantitative estimate of drug-likeness (QED) is 0.848. The summed E-state index contributed by atoms with van der Waals surface area (Å²) in [5, 5.41) is 0. The second-order valence-corrected chi connectivity index (χ2v) is 5.73. The van der Waals surface area contributed by atoms with Crippen LogP contribution in [0.15, 0.2) is 24.3 Å². The van der Waals surface area contributed by atoms with E-state index in [4.69, 9.17) is 5.73 Å². The molecule has 1 aliphatic carbocycles. The van der Waals surface area contributed by atoms with Crippen molar-refractivity contribution >= 4 is 0 Å². The molecular weight excluding hydrogens is 232 g/mol. The molecule has 0 saturated heterocycles. The van der Waals surface area contributed by atoms with Crippen molar-refractivity contribution in [1.82, 2.24) is 4.90 Å². The number of rotatable bonds is 6. The van der Waals surface area contributed by atoms with Crippen molar-refractivity contribution < 1.29 is 0 Å². The first-order chi connectivity index (χ1) is 9.24. The third-order valence-corrected chi connectivity index (χ3v) is 4.49. The van der Waals surface area contributed by atoms with Crippen LogP contribution in [0, 0.1) is 0 Å². The Bertz CT molecular complexity index is 365. The average molecular weight is 260 g/mol. The summed E-state index contributed by atoms with van der Waals surface area (Å²) < 4.78 is 0. The average Bonchev–Trinajstić information content (AvgIpc) is 2.98. The van der Waals surface area contributed by atoms with E-state index in [9.17, 15) is 0 Å². The predicted octanol–water partition coefficient (Wildman–Crippen LogP) is 3.51. The molecule has 1 atom stereocenters. The molecule has 0 heterocycles. The fourth-order valence-electron chi connectivity index (χ4n) is 3.16. The van der Waals surface area contributed by atoms with E-state index in [0.717, 1.165) is 25.6 Å². The van der Waals surface area contributed by atoms with Gasteiger partial charge in [0.15, 0.2) is 0 Å². The number of hydrogen-bond acceptors (Lipinski definition) is 2. The van der Waals surface area contributed by atoms with Crippen molar-refractivity contribution in [1.29, 1.82) is 0 Å². The Balaban J connectivity index is 1.95. The van der Waals surface area contributed by atoms with E-state index in [-0.39, 0.29) is 6.04 Å². The predicted molar refractivity (Wildman–Crippen MR) is 82.3 cm³/mol. The molecule has 0 aromatic heterocycles. The van der Waals surface area contributed by atoms with Crippen LogP contribution in [-0.4, -0.2) is 24.0 Å². The van der Waals surface area contributed by atoms with Crippen LogP contribution in [0.5, 0.6) is 0 Å². The highest BCUT2D eigenvalue weighted by atomic mass is 15.2. The van der Waals surface area contributed by atoms with Crippen molar-refractivity contribution in [2.45, 2.75) is 58.0 Å². The molecule has 1 saturated carbocycles. The van der Waals surface area contributed by atoms with Crippen LogP contribution in [-0.2, 0) is 6.42 Å². The molecule has 2 N–H and O–H groups in total. The SMILES string of the molecule is CCc1ccc(C(N)CN(CC)C2CCCC2)cc1. The molecule has 0 radical (unpaired) electrons. The van der Waals surface area contributed by atoms with Gasteiger partial charge in [-0.2, -0.15) is 0 Å². The van der Waals surface area contributed by atoms with Crippen LogP contribution in [0.3, 0.4) is 0 Å². The highest BCUT2D eigenvalue weighted by Gasteiger charge is 2.23. The van der Waals surface area contributed by atoms with Crippen molar-refractivity contribution in [3.05, 3.63) is 35.4 Å². The number of likely N-dealkylation sites (N-methyl/N-ethyl adjacent to an activating group) is 1. The van der Waals surface area contributed by atoms with Crippen LogP contribution < -0.4 is 5.73 Å². The number of nitrogens with zero attached hydrogens (tertiary/aromatic N) is 1. The molecule has 106 valence electrons. The third-order valence-electron chi connectivity index (χ3n) is 4.49. The molecule has 1 aromatic carbocycles. The van der Waals surface area contributed by atoms with Gasteiger partial charge in [0.05, 0.1) is 0 Å². The number of hydrogen-bond donors (Lipinski definition) is 1. The van der Waals surface area contributed by atoms with Crippen LogP contribution in [0.4, 0.5) is 0 Å². The smallest absolute Gasteiger partial charge is 0.0424 e. The Morgan fingerprint density at radius 3 is 2.32 bits per heavy atom. The molecular formula is C17H28N2. The lowest BCUT2D eigenvalue weighted by atomic mass is 10.0. The van der Waals surface area contributed by atoms with Crippen molar-refractivity contribution in [2.24, 2.45) is 5.73 Å². The first-order valence-corrected chi connectivity index (χ1v) is 7.83. The van der Waals surface area contributed by atoms with E-state index >= 15 is 0 Å². The van der Waals surface area contributed by atoms with Gasteiger partial charge in [0, 0.05) is 18.6 Å². The summed E-state index contributed by atoms with van der Waals surface area (Å²) in [6.07, 6.45) is 6.59. The van der Waals surface area contributed by atoms with Crippen LogP contribution >= 0.6 is 0 Å². The lowest BCUT2D eigenvalue weighted by Crippen LogP contribution is -2.38. The Hall–Kier alpha value is -0.860. The summed E-state index contributed by atoms with van der Waals surface area (Å²) in [4.78, 5) is 2.57. The van der Waals surface area contributed by atoms with E-state index in [2.05, 4.69) is 43.0 Å². The minimum atomic E-state index is 0.145. The van der Waals surface area contributed by atoms with Crippen LogP contribution in [0.2, 0.25) is 0 Å². The Kier molecular flexibility index (Phi) is 5.41. The normalized spacial score (nSPS) is 18.1. The van der Waals surface area contributed by atoms with Crippen LogP contribution in [0.1, 0.15) is 56.7 Å². The molecule has 1 fully saturated rings. The molecule has 2 rings (SSSR count). The Morgan fingerprint density at radius 2 is 1.79 bits per heavy atom. The van der Waals surface area contributed by atoms with Gasteiger partial charge in [-0.25, -0.2) is 0 Å². The van der Waals surface area contributed by atoms with Gasteiger partial charge >= 0.3 is 0 Å². The van der Waals surface area contributed by atoms with Gasteiger partial charge in [0.1, 0.15) is 0 Å². The monoisotopic (exact) mass is 260 g/mol. The van der Waals surface area contributed by atoms with Gasteiger partial charge in [0.25, 0.3) is 0 Å². The van der Waals surface area contributed by atoms with E-state index in [0.29, 0.717) is 0 Å². The summed E-state index contributed by atoms with van der Waals surface area (Å²) in [6.45, 7) is 6.55. The van der Waals surface area contributed by atoms with Gasteiger partial charge in [0.2, 0.25) is 0 Å². The van der Waals surface area contributed by atoms with Gasteiger partial charge in [-0.1, -0.05) is 51.0 Å². The van der Waals surface area contributed by atoms with E-state index in [1.165, 1.54) is 36.8 Å². The number of nitrogens with two attached hydrogens (primary N) is 1. The highest BCUT2D eigenvalue weighted by Crippen LogP contribution is 2.25. The van der Waals surface area contributed by atoms with Crippen molar-refractivity contribution in [2.75, 3.05) is 13.1 Å². The fraction of sp³-hybridized carbons (Fsp3) is 0.647. The summed E-state index contributed by atoms with van der Waals surface area (Å²) in [7, 11) is 0. The molecule has 1 unspecified atom stereocenters. The molecule has 0 spiro atoms. The molecule has 2 nitrogen and oxygen atoms in total. The summed E-state index contributed by atoms with van der Waals surface area (Å²) in [5.74, 6) is 0. The third kappa shape index (κ3) is 3.80. The highest BCUT2D eigenvalue weighted by molar-refractivity contribution is 5.25. The molecule has 19 heavy (non-hydrogen) atoms. The maximum Gasteiger partial charge on any atom is 0.0424 e. The zero-order valence-corrected chi connectivity index (χ0v) is 12.4. The van der Waals surface area contributed by atoms with Crippen LogP contribution in [0.25, 0.3) is 0 Å². The largest absolute Gasteiger partial charge is 0.323 e. The lowest BCUT2D eigenvalue weighted by Gasteiger charge is -2.30. The maximum absolute atomic E-state index is 6.39. The lowest BCUT2D eigenvalue weighted by molar-refractivity contribution is 0.197. The topological polar surface area (TPSA) is 29.3 Å². The molecule has 0 aliphatic heterocycles. The van der Waals surface area contributed by atoms with Crippen molar-refractivity contribution in [3.63, 3.8) is 0 Å². The minimum absolute atomic E-state index is 0.145. The summed E-state index contributed by atoms with van der Waals surface area (Å²) in [6, 6.07) is 9.73. The zero-order chi connectivity index (χ0) is 13.7. The maximum atomic E-state index is 6.39. The summed E-state index contributed by atoms with van der Waals surface area (Å²) in [5.41, 5.74) is 9.05. The molecule has 1 aromatic rings. The van der Waals surface area contributed by atoms with Gasteiger partial charge in [-0.15, -0.1) is 0 Å². The number of benzene rings is 1. The first-order valence-electron chi connectivity index (χ1n) is 7.83.